The van der Waals surface area contributed by atoms with E-state index < -0.39 is 0 Å². The van der Waals surface area contributed by atoms with E-state index in [-0.39, 0.29) is 12.0 Å². The number of nitrogens with one attached hydrogen (secondary N) is 1. The topological polar surface area (TPSA) is 49.3 Å². The number of amides is 1. The molecule has 0 bridgehead atoms. The first-order chi connectivity index (χ1) is 11.3. The largest absolute Gasteiger partial charge is 0.393 e. The summed E-state index contributed by atoms with van der Waals surface area (Å²) >= 11 is 0. The molecular weight excluding hydrogens is 298 g/mol. The summed E-state index contributed by atoms with van der Waals surface area (Å²) in [6.07, 6.45) is 7.86. The summed E-state index contributed by atoms with van der Waals surface area (Å²) in [5.41, 5.74) is 0.611. The molecule has 9 atom stereocenters. The molecule has 3 nitrogen and oxygen atoms in total. The number of rotatable bonds is 1. The van der Waals surface area contributed by atoms with Crippen LogP contribution >= 0.6 is 0 Å². The SMILES string of the molecule is CC(O)[C@H]1[C@H](C)C[C@H]2[C@@H]3CC[C@H]4NC(=O)CC[C@]4(C)[C@H]3CC[C@@]21C. The van der Waals surface area contributed by atoms with Crippen LogP contribution in [-0.2, 0) is 4.79 Å². The van der Waals surface area contributed by atoms with Crippen molar-refractivity contribution in [1.29, 1.82) is 0 Å². The minimum absolute atomic E-state index is 0.188. The standard InChI is InChI=1S/C21H35NO2/c1-12-11-16-14-5-6-17-20(3,10-8-18(24)22-17)15(14)7-9-21(16,4)19(12)13(2)23/h12-17,19,23H,5-11H2,1-4H3,(H,22,24)/t12-,13?,14-,15+,16+,17-,19-,20-,21+/m1/s1. The Hall–Kier alpha value is -0.570. The lowest BCUT2D eigenvalue weighted by molar-refractivity contribution is -0.138. The van der Waals surface area contributed by atoms with Crippen molar-refractivity contribution in [3.63, 3.8) is 0 Å². The second kappa shape index (κ2) is 5.46. The molecule has 0 aromatic rings. The first kappa shape index (κ1) is 16.9. The minimum atomic E-state index is -0.188. The fourth-order valence-corrected chi connectivity index (χ4v) is 8.13. The number of carbonyl (C=O) groups is 1. The zero-order valence-corrected chi connectivity index (χ0v) is 15.8. The van der Waals surface area contributed by atoms with E-state index in [4.69, 9.17) is 0 Å². The second-order valence-electron chi connectivity index (χ2n) is 10.1. The number of aliphatic hydroxyl groups excluding tert-OH is 1. The lowest BCUT2D eigenvalue weighted by Gasteiger charge is -2.60. The summed E-state index contributed by atoms with van der Waals surface area (Å²) in [6, 6.07) is 0.399. The van der Waals surface area contributed by atoms with Crippen LogP contribution < -0.4 is 5.32 Å². The number of aliphatic hydroxyl groups is 1. The molecule has 1 aliphatic heterocycles. The molecule has 0 spiro atoms. The van der Waals surface area contributed by atoms with Gasteiger partial charge in [0.1, 0.15) is 0 Å². The van der Waals surface area contributed by atoms with Gasteiger partial charge in [0.2, 0.25) is 5.91 Å². The molecule has 4 rings (SSSR count). The molecule has 0 aromatic heterocycles. The number of fused-ring (bicyclic) bond motifs is 5. The van der Waals surface area contributed by atoms with Gasteiger partial charge < -0.3 is 10.4 Å². The Kier molecular flexibility index (Phi) is 3.84. The Morgan fingerprint density at radius 2 is 1.88 bits per heavy atom. The first-order valence-corrected chi connectivity index (χ1v) is 10.2. The summed E-state index contributed by atoms with van der Waals surface area (Å²) in [5, 5.41) is 13.8. The Morgan fingerprint density at radius 3 is 2.58 bits per heavy atom. The molecule has 1 unspecified atom stereocenters. The van der Waals surface area contributed by atoms with Crippen molar-refractivity contribution in [3.8, 4) is 0 Å². The van der Waals surface area contributed by atoms with Crippen LogP contribution in [0.15, 0.2) is 0 Å². The van der Waals surface area contributed by atoms with E-state index in [9.17, 15) is 9.90 Å². The summed E-state index contributed by atoms with van der Waals surface area (Å²) in [4.78, 5) is 11.9. The van der Waals surface area contributed by atoms with Crippen molar-refractivity contribution < 1.29 is 9.90 Å². The van der Waals surface area contributed by atoms with E-state index in [2.05, 4.69) is 26.1 Å². The van der Waals surface area contributed by atoms with Crippen LogP contribution in [-0.4, -0.2) is 23.2 Å². The van der Waals surface area contributed by atoms with Gasteiger partial charge in [-0.1, -0.05) is 20.8 Å². The number of piperidine rings is 1. The average molecular weight is 334 g/mol. The van der Waals surface area contributed by atoms with E-state index in [1.807, 2.05) is 6.92 Å². The van der Waals surface area contributed by atoms with Crippen LogP contribution in [0.5, 0.6) is 0 Å². The second-order valence-corrected chi connectivity index (χ2v) is 10.1. The maximum Gasteiger partial charge on any atom is 0.220 e. The third kappa shape index (κ3) is 2.15. The van der Waals surface area contributed by atoms with Gasteiger partial charge in [-0.2, -0.15) is 0 Å². The molecule has 4 fully saturated rings. The van der Waals surface area contributed by atoms with Crippen LogP contribution in [0.4, 0.5) is 0 Å². The smallest absolute Gasteiger partial charge is 0.220 e. The van der Waals surface area contributed by atoms with E-state index >= 15 is 0 Å². The Balaban J connectivity index is 1.64. The number of hydrogen-bond donors (Lipinski definition) is 2. The summed E-state index contributed by atoms with van der Waals surface area (Å²) in [7, 11) is 0. The van der Waals surface area contributed by atoms with Crippen molar-refractivity contribution in [3.05, 3.63) is 0 Å². The van der Waals surface area contributed by atoms with E-state index in [1.165, 1.54) is 25.7 Å². The van der Waals surface area contributed by atoms with Gasteiger partial charge >= 0.3 is 0 Å². The van der Waals surface area contributed by atoms with Gasteiger partial charge in [-0.15, -0.1) is 0 Å². The minimum Gasteiger partial charge on any atom is -0.393 e. The molecule has 3 aliphatic carbocycles. The van der Waals surface area contributed by atoms with E-state index in [0.29, 0.717) is 35.1 Å². The monoisotopic (exact) mass is 333 g/mol. The predicted molar refractivity (Wildman–Crippen MR) is 95.3 cm³/mol. The predicted octanol–water partition coefficient (Wildman–Crippen LogP) is 3.75. The number of carbonyl (C=O) groups excluding carboxylic acids is 1. The third-order valence-electron chi connectivity index (χ3n) is 9.05. The molecule has 0 radical (unpaired) electrons. The first-order valence-electron chi connectivity index (χ1n) is 10.2. The maximum atomic E-state index is 11.9. The maximum absolute atomic E-state index is 11.9. The van der Waals surface area contributed by atoms with Crippen molar-refractivity contribution >= 4 is 5.91 Å². The van der Waals surface area contributed by atoms with Crippen molar-refractivity contribution in [1.82, 2.24) is 5.32 Å². The summed E-state index contributed by atoms with van der Waals surface area (Å²) in [5.74, 6) is 3.68. The van der Waals surface area contributed by atoms with Crippen molar-refractivity contribution in [2.75, 3.05) is 0 Å². The third-order valence-corrected chi connectivity index (χ3v) is 9.05. The highest BCUT2D eigenvalue weighted by atomic mass is 16.3. The van der Waals surface area contributed by atoms with Crippen LogP contribution in [0.2, 0.25) is 0 Å². The van der Waals surface area contributed by atoms with E-state index in [1.54, 1.807) is 0 Å². The molecular formula is C21H35NO2. The zero-order chi connectivity index (χ0) is 17.3. The van der Waals surface area contributed by atoms with Crippen LogP contribution in [0.25, 0.3) is 0 Å². The molecule has 3 saturated carbocycles. The normalized spacial score (nSPS) is 55.1. The molecule has 1 heterocycles. The fraction of sp³-hybridized carbons (Fsp3) is 0.952. The summed E-state index contributed by atoms with van der Waals surface area (Å²) < 4.78 is 0. The molecule has 0 aromatic carbocycles. The lowest BCUT2D eigenvalue weighted by Crippen LogP contribution is -2.61. The fourth-order valence-electron chi connectivity index (χ4n) is 8.13. The van der Waals surface area contributed by atoms with Gasteiger partial charge in [0, 0.05) is 12.5 Å². The molecule has 3 heteroatoms. The average Bonchev–Trinajstić information content (AvgIpc) is 2.78. The van der Waals surface area contributed by atoms with E-state index in [0.717, 1.165) is 30.6 Å². The highest BCUT2D eigenvalue weighted by molar-refractivity contribution is 5.77. The quantitative estimate of drug-likeness (QED) is 0.768. The van der Waals surface area contributed by atoms with Gasteiger partial charge in [-0.05, 0) is 85.9 Å². The molecule has 1 amide bonds. The molecule has 2 N–H and O–H groups in total. The Bertz CT molecular complexity index is 532. The molecule has 136 valence electrons. The van der Waals surface area contributed by atoms with Crippen molar-refractivity contribution in [2.24, 2.45) is 40.4 Å². The highest BCUT2D eigenvalue weighted by Crippen LogP contribution is 2.67. The van der Waals surface area contributed by atoms with Gasteiger partial charge in [-0.25, -0.2) is 0 Å². The van der Waals surface area contributed by atoms with Crippen LogP contribution in [0, 0.1) is 40.4 Å². The Labute approximate surface area is 147 Å². The van der Waals surface area contributed by atoms with Crippen LogP contribution in [0.1, 0.15) is 72.6 Å². The van der Waals surface area contributed by atoms with Gasteiger partial charge in [0.05, 0.1) is 6.10 Å². The van der Waals surface area contributed by atoms with Gasteiger partial charge in [0.15, 0.2) is 0 Å². The Morgan fingerprint density at radius 1 is 1.12 bits per heavy atom. The molecule has 4 aliphatic rings. The van der Waals surface area contributed by atoms with Crippen molar-refractivity contribution in [2.45, 2.75) is 84.8 Å². The number of hydrogen-bond acceptors (Lipinski definition) is 2. The summed E-state index contributed by atoms with van der Waals surface area (Å²) in [6.45, 7) is 9.31. The van der Waals surface area contributed by atoms with Crippen LogP contribution in [0.3, 0.4) is 0 Å². The van der Waals surface area contributed by atoms with Gasteiger partial charge in [-0.3, -0.25) is 4.79 Å². The molecule has 1 saturated heterocycles. The van der Waals surface area contributed by atoms with Gasteiger partial charge in [0.25, 0.3) is 0 Å². The highest BCUT2D eigenvalue weighted by Gasteiger charge is 2.62. The lowest BCUT2D eigenvalue weighted by atomic mass is 9.47. The zero-order valence-electron chi connectivity index (χ0n) is 15.8. The molecule has 24 heavy (non-hydrogen) atoms.